The molecular weight excluding hydrogens is 314 g/mol. The Morgan fingerprint density at radius 1 is 1.35 bits per heavy atom. The van der Waals surface area contributed by atoms with Crippen LogP contribution in [0.1, 0.15) is 57.2 Å². The molecule has 7 heteroatoms. The van der Waals surface area contributed by atoms with Crippen LogP contribution in [0.3, 0.4) is 0 Å². The normalized spacial score (nSPS) is 16.2. The predicted octanol–water partition coefficient (Wildman–Crippen LogP) is 2.74. The Hall–Kier alpha value is -2.28. The van der Waals surface area contributed by atoms with E-state index in [1.807, 2.05) is 12.3 Å². The Bertz CT molecular complexity index is 751. The summed E-state index contributed by atoms with van der Waals surface area (Å²) in [5.41, 5.74) is 0.672. The van der Waals surface area contributed by atoms with Crippen molar-refractivity contribution in [3.05, 3.63) is 45.7 Å². The molecule has 0 radical (unpaired) electrons. The largest absolute Gasteiger partial charge is 0.477 e. The second kappa shape index (κ2) is 6.08. The van der Waals surface area contributed by atoms with Crippen molar-refractivity contribution in [2.24, 2.45) is 0 Å². The first-order valence-corrected chi connectivity index (χ1v) is 8.33. The molecule has 2 aromatic rings. The van der Waals surface area contributed by atoms with Gasteiger partial charge in [-0.25, -0.2) is 14.8 Å². The van der Waals surface area contributed by atoms with E-state index in [1.165, 1.54) is 18.3 Å². The third-order valence-corrected chi connectivity index (χ3v) is 5.24. The fraction of sp³-hybridized carbons (Fsp3) is 0.375. The molecule has 0 atom stereocenters. The highest BCUT2D eigenvalue weighted by Crippen LogP contribution is 2.40. The van der Waals surface area contributed by atoms with E-state index in [4.69, 9.17) is 5.11 Å². The standard InChI is InChI=1S/C16H17N3O3S/c1-10-9-23-15(18-10)16(5-2-3-6-16)19-13(20)11-4-7-17-12(8-11)14(21)22/h4,7-9H,2-3,5-6H2,1H3,(H,19,20)(H,21,22). The lowest BCUT2D eigenvalue weighted by Gasteiger charge is -2.28. The third kappa shape index (κ3) is 3.10. The van der Waals surface area contributed by atoms with Crippen molar-refractivity contribution in [2.75, 3.05) is 0 Å². The van der Waals surface area contributed by atoms with Crippen molar-refractivity contribution in [2.45, 2.75) is 38.1 Å². The minimum absolute atomic E-state index is 0.136. The first kappa shape index (κ1) is 15.6. The van der Waals surface area contributed by atoms with Crippen LogP contribution in [0.25, 0.3) is 0 Å². The maximum absolute atomic E-state index is 12.6. The number of aromatic carboxylic acids is 1. The summed E-state index contributed by atoms with van der Waals surface area (Å²) in [6, 6.07) is 2.82. The van der Waals surface area contributed by atoms with Crippen molar-refractivity contribution in [3.8, 4) is 0 Å². The Balaban J connectivity index is 1.87. The number of hydrogen-bond acceptors (Lipinski definition) is 5. The summed E-state index contributed by atoms with van der Waals surface area (Å²) in [7, 11) is 0. The van der Waals surface area contributed by atoms with Crippen molar-refractivity contribution in [1.29, 1.82) is 0 Å². The number of thiazole rings is 1. The van der Waals surface area contributed by atoms with Crippen LogP contribution in [0.4, 0.5) is 0 Å². The molecule has 2 heterocycles. The van der Waals surface area contributed by atoms with Gasteiger partial charge < -0.3 is 10.4 Å². The van der Waals surface area contributed by atoms with Gasteiger partial charge in [-0.05, 0) is 31.9 Å². The SMILES string of the molecule is Cc1csc(C2(NC(=O)c3ccnc(C(=O)O)c3)CCCC2)n1. The number of carbonyl (C=O) groups excluding carboxylic acids is 1. The van der Waals surface area contributed by atoms with E-state index >= 15 is 0 Å². The first-order chi connectivity index (χ1) is 11.0. The van der Waals surface area contributed by atoms with Gasteiger partial charge in [-0.1, -0.05) is 12.8 Å². The minimum Gasteiger partial charge on any atom is -0.477 e. The minimum atomic E-state index is -1.15. The molecule has 1 fully saturated rings. The highest BCUT2D eigenvalue weighted by Gasteiger charge is 2.39. The summed E-state index contributed by atoms with van der Waals surface area (Å²) in [6.07, 6.45) is 5.11. The lowest BCUT2D eigenvalue weighted by atomic mass is 9.97. The molecule has 2 aromatic heterocycles. The molecule has 0 saturated heterocycles. The van der Waals surface area contributed by atoms with E-state index in [0.717, 1.165) is 36.4 Å². The van der Waals surface area contributed by atoms with Gasteiger partial charge in [-0.2, -0.15) is 0 Å². The number of nitrogens with zero attached hydrogens (tertiary/aromatic N) is 2. The number of rotatable bonds is 4. The summed E-state index contributed by atoms with van der Waals surface area (Å²) in [6.45, 7) is 1.94. The van der Waals surface area contributed by atoms with Crippen LogP contribution in [-0.2, 0) is 5.54 Å². The van der Waals surface area contributed by atoms with Crippen LogP contribution in [0, 0.1) is 6.92 Å². The van der Waals surface area contributed by atoms with Gasteiger partial charge in [0.2, 0.25) is 0 Å². The zero-order valence-corrected chi connectivity index (χ0v) is 13.5. The van der Waals surface area contributed by atoms with E-state index in [9.17, 15) is 9.59 Å². The van der Waals surface area contributed by atoms with Crippen LogP contribution in [0.15, 0.2) is 23.7 Å². The quantitative estimate of drug-likeness (QED) is 0.898. The topological polar surface area (TPSA) is 92.2 Å². The fourth-order valence-corrected chi connectivity index (χ4v) is 3.94. The lowest BCUT2D eigenvalue weighted by molar-refractivity contribution is 0.0690. The average Bonchev–Trinajstić information content (AvgIpc) is 3.17. The number of carboxylic acid groups (broad SMARTS) is 1. The van der Waals surface area contributed by atoms with Crippen molar-refractivity contribution in [3.63, 3.8) is 0 Å². The molecule has 0 bridgehead atoms. The molecule has 120 valence electrons. The number of carbonyl (C=O) groups is 2. The molecule has 0 spiro atoms. The number of pyridine rings is 1. The molecule has 1 saturated carbocycles. The number of amides is 1. The van der Waals surface area contributed by atoms with Crippen LogP contribution >= 0.6 is 11.3 Å². The first-order valence-electron chi connectivity index (χ1n) is 7.45. The molecule has 1 aliphatic carbocycles. The number of nitrogens with one attached hydrogen (secondary N) is 1. The van der Waals surface area contributed by atoms with E-state index in [2.05, 4.69) is 15.3 Å². The smallest absolute Gasteiger partial charge is 0.354 e. The summed E-state index contributed by atoms with van der Waals surface area (Å²) >= 11 is 1.56. The maximum Gasteiger partial charge on any atom is 0.354 e. The third-order valence-electron chi connectivity index (χ3n) is 4.08. The van der Waals surface area contributed by atoms with Gasteiger partial charge in [-0.3, -0.25) is 4.79 Å². The molecule has 2 N–H and O–H groups in total. The van der Waals surface area contributed by atoms with E-state index < -0.39 is 11.5 Å². The highest BCUT2D eigenvalue weighted by atomic mass is 32.1. The molecule has 0 aromatic carbocycles. The molecule has 23 heavy (non-hydrogen) atoms. The summed E-state index contributed by atoms with van der Waals surface area (Å²) in [5, 5.41) is 15.0. The van der Waals surface area contributed by atoms with Crippen molar-refractivity contribution < 1.29 is 14.7 Å². The Kier molecular flexibility index (Phi) is 4.12. The van der Waals surface area contributed by atoms with Crippen LogP contribution < -0.4 is 5.32 Å². The van der Waals surface area contributed by atoms with Crippen LogP contribution in [-0.4, -0.2) is 27.0 Å². The van der Waals surface area contributed by atoms with Crippen molar-refractivity contribution >= 4 is 23.2 Å². The Morgan fingerprint density at radius 3 is 2.70 bits per heavy atom. The Labute approximate surface area is 137 Å². The molecular formula is C16H17N3O3S. The van der Waals surface area contributed by atoms with Gasteiger partial charge in [0, 0.05) is 22.8 Å². The monoisotopic (exact) mass is 331 g/mol. The maximum atomic E-state index is 12.6. The lowest BCUT2D eigenvalue weighted by Crippen LogP contribution is -2.43. The molecule has 3 rings (SSSR count). The number of aromatic nitrogens is 2. The van der Waals surface area contributed by atoms with Gasteiger partial charge in [0.25, 0.3) is 5.91 Å². The molecule has 1 amide bonds. The average molecular weight is 331 g/mol. The van der Waals surface area contributed by atoms with Gasteiger partial charge in [0.15, 0.2) is 0 Å². The van der Waals surface area contributed by atoms with Gasteiger partial charge in [0.05, 0.1) is 5.54 Å². The Morgan fingerprint density at radius 2 is 2.09 bits per heavy atom. The van der Waals surface area contributed by atoms with E-state index in [-0.39, 0.29) is 11.6 Å². The summed E-state index contributed by atoms with van der Waals surface area (Å²) in [5.74, 6) is -1.43. The van der Waals surface area contributed by atoms with E-state index in [1.54, 1.807) is 11.3 Å². The molecule has 0 unspecified atom stereocenters. The zero-order chi connectivity index (χ0) is 16.4. The van der Waals surface area contributed by atoms with Gasteiger partial charge in [-0.15, -0.1) is 11.3 Å². The second-order valence-electron chi connectivity index (χ2n) is 5.77. The second-order valence-corrected chi connectivity index (χ2v) is 6.63. The molecule has 0 aliphatic heterocycles. The number of aryl methyl sites for hydroxylation is 1. The predicted molar refractivity (Wildman–Crippen MR) is 85.7 cm³/mol. The zero-order valence-electron chi connectivity index (χ0n) is 12.7. The van der Waals surface area contributed by atoms with Gasteiger partial charge >= 0.3 is 5.97 Å². The molecule has 1 aliphatic rings. The molecule has 6 nitrogen and oxygen atoms in total. The van der Waals surface area contributed by atoms with Crippen LogP contribution in [0.2, 0.25) is 0 Å². The highest BCUT2D eigenvalue weighted by molar-refractivity contribution is 7.09. The van der Waals surface area contributed by atoms with Crippen LogP contribution in [0.5, 0.6) is 0 Å². The van der Waals surface area contributed by atoms with Crippen molar-refractivity contribution in [1.82, 2.24) is 15.3 Å². The summed E-state index contributed by atoms with van der Waals surface area (Å²) < 4.78 is 0. The fourth-order valence-electron chi connectivity index (χ4n) is 2.92. The van der Waals surface area contributed by atoms with Gasteiger partial charge in [0.1, 0.15) is 10.7 Å². The number of carboxylic acids is 1. The van der Waals surface area contributed by atoms with E-state index in [0.29, 0.717) is 5.56 Å². The summed E-state index contributed by atoms with van der Waals surface area (Å²) in [4.78, 5) is 31.9. The number of hydrogen-bond donors (Lipinski definition) is 2.